The van der Waals surface area contributed by atoms with E-state index in [0.717, 1.165) is 15.9 Å². The molecule has 9 nitrogen and oxygen atoms in total. The summed E-state index contributed by atoms with van der Waals surface area (Å²) in [5.74, 6) is -2.23. The van der Waals surface area contributed by atoms with Gasteiger partial charge in [0.25, 0.3) is 5.56 Å². The van der Waals surface area contributed by atoms with Crippen LogP contribution in [-0.2, 0) is 19.4 Å². The van der Waals surface area contributed by atoms with Crippen LogP contribution >= 0.6 is 11.3 Å². The number of rotatable bonds is 5. The van der Waals surface area contributed by atoms with Crippen molar-refractivity contribution < 1.29 is 17.9 Å². The number of aromatic nitrogens is 3. The normalized spacial score (nSPS) is 16.0. The Morgan fingerprint density at radius 2 is 1.76 bits per heavy atom. The fourth-order valence-electron chi connectivity index (χ4n) is 4.21. The molecule has 0 saturated carbocycles. The van der Waals surface area contributed by atoms with Gasteiger partial charge in [-0.1, -0.05) is 30.3 Å². The number of esters is 1. The lowest BCUT2D eigenvalue weighted by Crippen LogP contribution is -2.41. The maximum absolute atomic E-state index is 14.0. The zero-order chi connectivity index (χ0) is 26.2. The Balaban J connectivity index is 1.93. The average molecular weight is 533 g/mol. The molecule has 1 atom stereocenters. The van der Waals surface area contributed by atoms with Gasteiger partial charge in [-0.25, -0.2) is 13.2 Å². The van der Waals surface area contributed by atoms with Gasteiger partial charge in [0, 0.05) is 24.8 Å². The highest BCUT2D eigenvalue weighted by Crippen LogP contribution is 2.41. The summed E-state index contributed by atoms with van der Waals surface area (Å²) in [7, 11) is -3.07. The van der Waals surface area contributed by atoms with Crippen LogP contribution in [-0.4, -0.2) is 36.0 Å². The fraction of sp³-hybridized carbons (Fsp3) is 0.0769. The molecule has 3 aromatic heterocycles. The molecule has 1 unspecified atom stereocenters. The largest absolute Gasteiger partial charge is 0.466 e. The molecule has 4 heterocycles. The van der Waals surface area contributed by atoms with Crippen molar-refractivity contribution in [2.45, 2.75) is 10.8 Å². The molecule has 1 aromatic carbocycles. The molecule has 2 N–H and O–H groups in total. The quantitative estimate of drug-likeness (QED) is 0.379. The fourth-order valence-corrected chi connectivity index (χ4v) is 7.07. The Labute approximate surface area is 215 Å². The van der Waals surface area contributed by atoms with Crippen molar-refractivity contribution in [3.05, 3.63) is 115 Å². The Morgan fingerprint density at radius 3 is 2.38 bits per heavy atom. The van der Waals surface area contributed by atoms with E-state index in [1.165, 1.54) is 31.6 Å². The maximum atomic E-state index is 14.0. The number of benzene rings is 1. The van der Waals surface area contributed by atoms with E-state index in [2.05, 4.69) is 9.97 Å². The van der Waals surface area contributed by atoms with E-state index in [1.807, 2.05) is 0 Å². The molecule has 186 valence electrons. The van der Waals surface area contributed by atoms with Crippen LogP contribution in [0.1, 0.15) is 17.0 Å². The smallest absolute Gasteiger partial charge is 0.337 e. The number of ether oxygens (including phenoxy) is 1. The number of pyridine rings is 2. The summed E-state index contributed by atoms with van der Waals surface area (Å²) in [5.41, 5.74) is 6.99. The molecule has 1 aliphatic rings. The SMILES string of the molecule is COC(=O)C1=c2sc(=Cc3cccnc3)c(=O)n2C(N)=C(S(=O)(=O)c2ccccc2)C1c1cccnc1. The molecule has 0 bridgehead atoms. The lowest BCUT2D eigenvalue weighted by Gasteiger charge is -2.27. The summed E-state index contributed by atoms with van der Waals surface area (Å²) in [5, 5.41) is 0. The van der Waals surface area contributed by atoms with Gasteiger partial charge in [-0.15, -0.1) is 11.3 Å². The molecular formula is C26H20N4O5S2. The topological polar surface area (TPSA) is 134 Å². The van der Waals surface area contributed by atoms with Crippen molar-refractivity contribution in [2.24, 2.45) is 5.73 Å². The summed E-state index contributed by atoms with van der Waals surface area (Å²) in [4.78, 5) is 34.7. The van der Waals surface area contributed by atoms with Gasteiger partial charge in [-0.2, -0.15) is 0 Å². The summed E-state index contributed by atoms with van der Waals surface area (Å²) in [6, 6.07) is 14.5. The Hall–Kier alpha value is -4.35. The molecule has 5 rings (SSSR count). The van der Waals surface area contributed by atoms with E-state index in [9.17, 15) is 18.0 Å². The lowest BCUT2D eigenvalue weighted by molar-refractivity contribution is -0.134. The third-order valence-corrected chi connectivity index (χ3v) is 8.87. The highest BCUT2D eigenvalue weighted by Gasteiger charge is 2.42. The van der Waals surface area contributed by atoms with Crippen LogP contribution in [0, 0.1) is 0 Å². The first-order valence-electron chi connectivity index (χ1n) is 11.0. The monoisotopic (exact) mass is 532 g/mol. The van der Waals surface area contributed by atoms with E-state index in [0.29, 0.717) is 11.1 Å². The van der Waals surface area contributed by atoms with Gasteiger partial charge in [-0.3, -0.25) is 19.3 Å². The number of hydrogen-bond acceptors (Lipinski definition) is 9. The Kier molecular flexibility index (Phi) is 6.32. The Bertz CT molecular complexity index is 1810. The zero-order valence-corrected chi connectivity index (χ0v) is 21.1. The van der Waals surface area contributed by atoms with Crippen molar-refractivity contribution in [1.29, 1.82) is 0 Å². The second-order valence-corrected chi connectivity index (χ2v) is 11.0. The van der Waals surface area contributed by atoms with E-state index < -0.39 is 27.3 Å². The number of allylic oxidation sites excluding steroid dienone is 1. The molecule has 37 heavy (non-hydrogen) atoms. The van der Waals surface area contributed by atoms with Crippen molar-refractivity contribution >= 4 is 44.6 Å². The summed E-state index contributed by atoms with van der Waals surface area (Å²) in [6.07, 6.45) is 7.79. The maximum Gasteiger partial charge on any atom is 0.337 e. The minimum Gasteiger partial charge on any atom is -0.466 e. The molecule has 0 amide bonds. The number of nitrogens with zero attached hydrogens (tertiary/aromatic N) is 3. The molecule has 4 aromatic rings. The molecule has 0 aliphatic carbocycles. The molecule has 0 saturated heterocycles. The molecule has 0 fully saturated rings. The molecule has 0 radical (unpaired) electrons. The number of hydrogen-bond donors (Lipinski definition) is 1. The van der Waals surface area contributed by atoms with Crippen molar-refractivity contribution in [2.75, 3.05) is 7.11 Å². The first-order chi connectivity index (χ1) is 17.8. The predicted molar refractivity (Wildman–Crippen MR) is 139 cm³/mol. The summed E-state index contributed by atoms with van der Waals surface area (Å²) >= 11 is 1.02. The number of carbonyl (C=O) groups excluding carboxylic acids is 1. The molecule has 0 spiro atoms. The van der Waals surface area contributed by atoms with E-state index in [4.69, 9.17) is 10.5 Å². The molecule has 1 aliphatic heterocycles. The van der Waals surface area contributed by atoms with Gasteiger partial charge in [0.15, 0.2) is 0 Å². The minimum atomic E-state index is -4.27. The third kappa shape index (κ3) is 4.17. The third-order valence-electron chi connectivity index (χ3n) is 5.85. The number of nitrogens with two attached hydrogens (primary N) is 1. The number of sulfone groups is 1. The highest BCUT2D eigenvalue weighted by atomic mass is 32.2. The molecular weight excluding hydrogens is 512 g/mol. The number of methoxy groups -OCH3 is 1. The van der Waals surface area contributed by atoms with E-state index >= 15 is 0 Å². The second-order valence-electron chi connectivity index (χ2n) is 8.03. The number of carbonyl (C=O) groups is 1. The zero-order valence-electron chi connectivity index (χ0n) is 19.4. The lowest BCUT2D eigenvalue weighted by atomic mass is 9.90. The van der Waals surface area contributed by atoms with E-state index in [1.54, 1.807) is 60.9 Å². The van der Waals surface area contributed by atoms with Crippen LogP contribution in [0.15, 0.2) is 94.0 Å². The van der Waals surface area contributed by atoms with E-state index in [-0.39, 0.29) is 30.4 Å². The van der Waals surface area contributed by atoms with Crippen LogP contribution in [0.5, 0.6) is 0 Å². The first kappa shape index (κ1) is 24.3. The summed E-state index contributed by atoms with van der Waals surface area (Å²) in [6.45, 7) is 0. The van der Waals surface area contributed by atoms with Crippen molar-refractivity contribution in [3.8, 4) is 0 Å². The van der Waals surface area contributed by atoms with Crippen molar-refractivity contribution in [1.82, 2.24) is 14.5 Å². The van der Waals surface area contributed by atoms with Gasteiger partial charge in [0.2, 0.25) is 9.84 Å². The Morgan fingerprint density at radius 1 is 1.05 bits per heavy atom. The standard InChI is InChI=1S/C26H20N4O5S2/c1-35-26(32)21-20(17-8-6-12-29-15-17)22(37(33,34)18-9-3-2-4-10-18)23(27)30-24(31)19(36-25(21)30)13-16-7-5-11-28-14-16/h2-15,20H,27H2,1H3. The van der Waals surface area contributed by atoms with Crippen molar-refractivity contribution in [3.63, 3.8) is 0 Å². The van der Waals surface area contributed by atoms with Gasteiger partial charge in [0.1, 0.15) is 15.4 Å². The van der Waals surface area contributed by atoms with Crippen LogP contribution in [0.2, 0.25) is 0 Å². The number of fused-ring (bicyclic) bond motifs is 1. The van der Waals surface area contributed by atoms with Crippen LogP contribution < -0.4 is 20.5 Å². The first-order valence-corrected chi connectivity index (χ1v) is 13.3. The minimum absolute atomic E-state index is 0.0212. The van der Waals surface area contributed by atoms with Crippen LogP contribution in [0.3, 0.4) is 0 Å². The molecule has 11 heteroatoms. The predicted octanol–water partition coefficient (Wildman–Crippen LogP) is 1.21. The number of thiazole rings is 1. The van der Waals surface area contributed by atoms with Gasteiger partial charge < -0.3 is 10.5 Å². The van der Waals surface area contributed by atoms with Gasteiger partial charge in [-0.05, 0) is 41.5 Å². The second kappa shape index (κ2) is 9.60. The van der Waals surface area contributed by atoms with Crippen LogP contribution in [0.4, 0.5) is 0 Å². The average Bonchev–Trinajstić information content (AvgIpc) is 3.25. The van der Waals surface area contributed by atoms with Gasteiger partial charge >= 0.3 is 5.97 Å². The highest BCUT2D eigenvalue weighted by molar-refractivity contribution is 7.95. The van der Waals surface area contributed by atoms with Crippen LogP contribution in [0.25, 0.3) is 17.5 Å². The van der Waals surface area contributed by atoms with Gasteiger partial charge in [0.05, 0.1) is 28.0 Å². The summed E-state index contributed by atoms with van der Waals surface area (Å²) < 4.78 is 34.6.